The summed E-state index contributed by atoms with van der Waals surface area (Å²) in [5.74, 6) is -1.01. The Bertz CT molecular complexity index is 1160. The summed E-state index contributed by atoms with van der Waals surface area (Å²) in [7, 11) is -3.99. The molecule has 1 aliphatic heterocycles. The zero-order chi connectivity index (χ0) is 21.5. The Morgan fingerprint density at radius 1 is 1.13 bits per heavy atom. The van der Waals surface area contributed by atoms with Crippen LogP contribution in [0.2, 0.25) is 0 Å². The summed E-state index contributed by atoms with van der Waals surface area (Å²) in [6, 6.07) is 7.87. The van der Waals surface area contributed by atoms with Crippen LogP contribution in [0.5, 0.6) is 0 Å². The molecule has 6 nitrogen and oxygen atoms in total. The van der Waals surface area contributed by atoms with Crippen LogP contribution in [0.4, 0.5) is 0 Å². The van der Waals surface area contributed by atoms with E-state index in [1.54, 1.807) is 18.2 Å². The largest absolute Gasteiger partial charge is 0.348 e. The van der Waals surface area contributed by atoms with Crippen molar-refractivity contribution in [2.75, 3.05) is 6.54 Å². The lowest BCUT2D eigenvalue weighted by molar-refractivity contribution is 0.0820. The minimum absolute atomic E-state index is 0.0333. The second-order valence-electron chi connectivity index (χ2n) is 8.03. The molecule has 0 radical (unpaired) electrons. The van der Waals surface area contributed by atoms with Crippen molar-refractivity contribution in [3.8, 4) is 0 Å². The molecule has 2 aromatic rings. The Hall–Kier alpha value is -2.67. The Kier molecular flexibility index (Phi) is 5.40. The average Bonchev–Trinajstić information content (AvgIpc) is 3.13. The Morgan fingerprint density at radius 3 is 2.60 bits per heavy atom. The molecular weight excluding hydrogens is 400 g/mol. The van der Waals surface area contributed by atoms with Crippen LogP contribution in [0.3, 0.4) is 0 Å². The molecule has 1 amide bonds. The number of carbonyl (C=O) groups excluding carboxylic acids is 2. The third-order valence-corrected chi connectivity index (χ3v) is 7.90. The summed E-state index contributed by atoms with van der Waals surface area (Å²) in [4.78, 5) is 25.6. The topological polar surface area (TPSA) is 76.5 Å². The van der Waals surface area contributed by atoms with Gasteiger partial charge in [0.1, 0.15) is 11.4 Å². The number of nitrogens with zero attached hydrogens (tertiary/aromatic N) is 2. The van der Waals surface area contributed by atoms with Gasteiger partial charge in [-0.2, -0.15) is 0 Å². The summed E-state index contributed by atoms with van der Waals surface area (Å²) in [6.07, 6.45) is 8.05. The van der Waals surface area contributed by atoms with Gasteiger partial charge in [0.2, 0.25) is 0 Å². The normalized spacial score (nSPS) is 17.7. The molecule has 7 heteroatoms. The SMILES string of the molecule is Cc1cc(C(=O)CN2C(=O)c3ccccc3S2(=O)=O)c(C)n1CCC1=CCCCC1. The molecule has 0 spiro atoms. The predicted molar refractivity (Wildman–Crippen MR) is 114 cm³/mol. The van der Waals surface area contributed by atoms with Crippen molar-refractivity contribution in [1.29, 1.82) is 0 Å². The van der Waals surface area contributed by atoms with Gasteiger partial charge >= 0.3 is 0 Å². The van der Waals surface area contributed by atoms with E-state index in [0.29, 0.717) is 9.87 Å². The van der Waals surface area contributed by atoms with Crippen LogP contribution in [0, 0.1) is 13.8 Å². The molecule has 0 saturated carbocycles. The number of sulfonamides is 1. The highest BCUT2D eigenvalue weighted by Crippen LogP contribution is 2.30. The van der Waals surface area contributed by atoms with E-state index in [9.17, 15) is 18.0 Å². The molecule has 158 valence electrons. The van der Waals surface area contributed by atoms with Crippen molar-refractivity contribution in [3.63, 3.8) is 0 Å². The van der Waals surface area contributed by atoms with Crippen molar-refractivity contribution in [2.24, 2.45) is 0 Å². The molecule has 2 aliphatic rings. The molecule has 0 atom stereocenters. The Morgan fingerprint density at radius 2 is 1.90 bits per heavy atom. The van der Waals surface area contributed by atoms with E-state index in [2.05, 4.69) is 10.6 Å². The zero-order valence-electron chi connectivity index (χ0n) is 17.3. The first kappa shape index (κ1) is 20.6. The van der Waals surface area contributed by atoms with E-state index >= 15 is 0 Å². The standard InChI is InChI=1S/C23H26N2O4S/c1-16-14-20(17(2)24(16)13-12-18-8-4-3-5-9-18)21(26)15-25-23(27)19-10-6-7-11-22(19)30(25,28)29/h6-8,10-11,14H,3-5,9,12-13,15H2,1-2H3. The third-order valence-electron chi connectivity index (χ3n) is 6.11. The van der Waals surface area contributed by atoms with Crippen molar-refractivity contribution in [3.05, 3.63) is 64.5 Å². The molecule has 0 fully saturated rings. The summed E-state index contributed by atoms with van der Waals surface area (Å²) in [6.45, 7) is 4.14. The number of hydrogen-bond donors (Lipinski definition) is 0. The number of ketones is 1. The molecule has 2 heterocycles. The van der Waals surface area contributed by atoms with Crippen molar-refractivity contribution >= 4 is 21.7 Å². The molecule has 1 aliphatic carbocycles. The second-order valence-corrected chi connectivity index (χ2v) is 9.86. The summed E-state index contributed by atoms with van der Waals surface area (Å²) >= 11 is 0. The quantitative estimate of drug-likeness (QED) is 0.516. The van der Waals surface area contributed by atoms with Gasteiger partial charge in [-0.05, 0) is 64.2 Å². The van der Waals surface area contributed by atoms with Crippen molar-refractivity contribution < 1.29 is 18.0 Å². The summed E-state index contributed by atoms with van der Waals surface area (Å²) in [5.41, 5.74) is 3.84. The number of aromatic nitrogens is 1. The number of hydrogen-bond acceptors (Lipinski definition) is 4. The van der Waals surface area contributed by atoms with E-state index in [-0.39, 0.29) is 16.2 Å². The maximum absolute atomic E-state index is 13.0. The molecule has 4 rings (SSSR count). The van der Waals surface area contributed by atoms with E-state index in [1.165, 1.54) is 30.5 Å². The highest BCUT2D eigenvalue weighted by molar-refractivity contribution is 7.90. The van der Waals surface area contributed by atoms with E-state index in [1.807, 2.05) is 13.8 Å². The van der Waals surface area contributed by atoms with E-state index in [4.69, 9.17) is 0 Å². The number of allylic oxidation sites excluding steroid dienone is 2. The molecule has 0 saturated heterocycles. The minimum Gasteiger partial charge on any atom is -0.348 e. The summed E-state index contributed by atoms with van der Waals surface area (Å²) < 4.78 is 28.3. The lowest BCUT2D eigenvalue weighted by atomic mass is 9.97. The lowest BCUT2D eigenvalue weighted by Crippen LogP contribution is -2.35. The number of carbonyl (C=O) groups is 2. The highest BCUT2D eigenvalue weighted by Gasteiger charge is 2.42. The zero-order valence-corrected chi connectivity index (χ0v) is 18.2. The molecule has 0 bridgehead atoms. The van der Waals surface area contributed by atoms with Gasteiger partial charge in [0, 0.05) is 23.5 Å². The molecular formula is C23H26N2O4S. The van der Waals surface area contributed by atoms with Crippen LogP contribution in [0.25, 0.3) is 0 Å². The van der Waals surface area contributed by atoms with Gasteiger partial charge in [-0.25, -0.2) is 12.7 Å². The number of benzene rings is 1. The Balaban J connectivity index is 1.53. The number of Topliss-reactive ketones (excluding diaryl/α,β-unsaturated/α-hetero) is 1. The van der Waals surface area contributed by atoms with Gasteiger partial charge < -0.3 is 4.57 Å². The fraction of sp³-hybridized carbons (Fsp3) is 0.391. The average molecular weight is 427 g/mol. The third kappa shape index (κ3) is 3.51. The molecule has 1 aromatic carbocycles. The minimum atomic E-state index is -3.99. The van der Waals surface area contributed by atoms with Crippen LogP contribution < -0.4 is 0 Å². The number of fused-ring (bicyclic) bond motifs is 1. The maximum Gasteiger partial charge on any atom is 0.269 e. The predicted octanol–water partition coefficient (Wildman–Crippen LogP) is 4.02. The monoisotopic (exact) mass is 426 g/mol. The van der Waals surface area contributed by atoms with Crippen LogP contribution in [-0.2, 0) is 16.6 Å². The van der Waals surface area contributed by atoms with Crippen molar-refractivity contribution in [2.45, 2.75) is 57.4 Å². The van der Waals surface area contributed by atoms with Gasteiger partial charge in [0.25, 0.3) is 15.9 Å². The van der Waals surface area contributed by atoms with Gasteiger partial charge in [0.15, 0.2) is 5.78 Å². The molecule has 0 unspecified atom stereocenters. The lowest BCUT2D eigenvalue weighted by Gasteiger charge is -2.16. The molecule has 30 heavy (non-hydrogen) atoms. The highest BCUT2D eigenvalue weighted by atomic mass is 32.2. The number of rotatable bonds is 6. The number of amides is 1. The van der Waals surface area contributed by atoms with E-state index in [0.717, 1.165) is 37.2 Å². The van der Waals surface area contributed by atoms with Crippen LogP contribution in [0.15, 0.2) is 46.9 Å². The maximum atomic E-state index is 13.0. The fourth-order valence-electron chi connectivity index (χ4n) is 4.42. The van der Waals surface area contributed by atoms with Gasteiger partial charge in [-0.1, -0.05) is 23.8 Å². The van der Waals surface area contributed by atoms with Crippen molar-refractivity contribution in [1.82, 2.24) is 8.87 Å². The molecule has 0 N–H and O–H groups in total. The first-order chi connectivity index (χ1) is 14.3. The first-order valence-corrected chi connectivity index (χ1v) is 11.8. The van der Waals surface area contributed by atoms with Gasteiger partial charge in [-0.3, -0.25) is 9.59 Å². The fourth-order valence-corrected chi connectivity index (χ4v) is 5.94. The van der Waals surface area contributed by atoms with Crippen LogP contribution in [0.1, 0.15) is 64.2 Å². The van der Waals surface area contributed by atoms with Gasteiger partial charge in [0.05, 0.1) is 5.56 Å². The second kappa shape index (κ2) is 7.87. The summed E-state index contributed by atoms with van der Waals surface area (Å²) in [5, 5.41) is 0. The van der Waals surface area contributed by atoms with Crippen LogP contribution in [-0.4, -0.2) is 35.5 Å². The molecule has 1 aromatic heterocycles. The number of aryl methyl sites for hydroxylation is 1. The Labute approximate surface area is 177 Å². The van der Waals surface area contributed by atoms with Gasteiger partial charge in [-0.15, -0.1) is 0 Å². The smallest absolute Gasteiger partial charge is 0.269 e. The first-order valence-electron chi connectivity index (χ1n) is 10.3. The van der Waals surface area contributed by atoms with Crippen LogP contribution >= 0.6 is 0 Å². The van der Waals surface area contributed by atoms with E-state index < -0.39 is 22.5 Å².